The molecule has 3 rings (SSSR count). The summed E-state index contributed by atoms with van der Waals surface area (Å²) in [6.07, 6.45) is 1.70. The zero-order valence-corrected chi connectivity index (χ0v) is 11.9. The van der Waals surface area contributed by atoms with E-state index in [-0.39, 0.29) is 5.82 Å². The molecule has 6 heteroatoms. The molecule has 90 valence electrons. The quantitative estimate of drug-likeness (QED) is 0.607. The average molecular weight is 374 g/mol. The van der Waals surface area contributed by atoms with Crippen molar-refractivity contribution in [3.05, 3.63) is 51.1 Å². The molecular weight excluding hydrogens is 368 g/mol. The molecule has 3 nitrogen and oxygen atoms in total. The number of fused-ring (bicyclic) bond motifs is 1. The molecule has 0 saturated carbocycles. The maximum atomic E-state index is 12.9. The summed E-state index contributed by atoms with van der Waals surface area (Å²) in [7, 11) is 0. The van der Waals surface area contributed by atoms with Gasteiger partial charge in [0.2, 0.25) is 0 Å². The molecule has 0 spiro atoms. The number of nitrogens with zero attached hydrogens (tertiary/aromatic N) is 3. The van der Waals surface area contributed by atoms with Crippen LogP contribution in [0.1, 0.15) is 0 Å². The van der Waals surface area contributed by atoms with E-state index in [9.17, 15) is 4.39 Å². The molecule has 0 bridgehead atoms. The molecule has 0 aliphatic carbocycles. The van der Waals surface area contributed by atoms with E-state index in [0.29, 0.717) is 10.8 Å². The molecule has 0 radical (unpaired) electrons. The van der Waals surface area contributed by atoms with Crippen LogP contribution in [0.2, 0.25) is 5.15 Å². The molecule has 0 amide bonds. The Morgan fingerprint density at radius 1 is 1.17 bits per heavy atom. The van der Waals surface area contributed by atoms with Crippen LogP contribution in [-0.4, -0.2) is 14.8 Å². The third kappa shape index (κ3) is 1.87. The second-order valence-corrected chi connectivity index (χ2v) is 5.19. The van der Waals surface area contributed by atoms with Crippen LogP contribution in [0.5, 0.6) is 0 Å². The minimum atomic E-state index is -0.288. The molecular formula is C12H6ClFIN3. The van der Waals surface area contributed by atoms with Gasteiger partial charge in [0.25, 0.3) is 0 Å². The van der Waals surface area contributed by atoms with E-state index in [4.69, 9.17) is 11.6 Å². The van der Waals surface area contributed by atoms with Gasteiger partial charge in [-0.2, -0.15) is 5.10 Å². The van der Waals surface area contributed by atoms with E-state index < -0.39 is 0 Å². The van der Waals surface area contributed by atoms with Crippen molar-refractivity contribution in [3.8, 4) is 5.69 Å². The van der Waals surface area contributed by atoms with Gasteiger partial charge in [-0.15, -0.1) is 0 Å². The fourth-order valence-electron chi connectivity index (χ4n) is 1.73. The largest absolute Gasteiger partial charge is 0.236 e. The number of hydrogen-bond acceptors (Lipinski definition) is 2. The number of rotatable bonds is 1. The first-order valence-corrected chi connectivity index (χ1v) is 6.57. The third-order valence-corrected chi connectivity index (χ3v) is 3.71. The molecule has 2 heterocycles. The molecule has 0 atom stereocenters. The summed E-state index contributed by atoms with van der Waals surface area (Å²) in [5.74, 6) is -0.288. The monoisotopic (exact) mass is 373 g/mol. The minimum absolute atomic E-state index is 0.288. The summed E-state index contributed by atoms with van der Waals surface area (Å²) in [5, 5.41) is 5.45. The van der Waals surface area contributed by atoms with Crippen molar-refractivity contribution in [2.24, 2.45) is 0 Å². The SMILES string of the molecule is Fc1ccc(-n2nc(Cl)c3c(I)ccnc32)cc1. The summed E-state index contributed by atoms with van der Waals surface area (Å²) in [6, 6.07) is 7.90. The number of hydrogen-bond donors (Lipinski definition) is 0. The Labute approximate surface area is 121 Å². The predicted octanol–water partition coefficient (Wildman–Crippen LogP) is 3.82. The lowest BCUT2D eigenvalue weighted by atomic mass is 10.3. The Balaban J connectivity index is 2.30. The lowest BCUT2D eigenvalue weighted by Gasteiger charge is -2.02. The summed E-state index contributed by atoms with van der Waals surface area (Å²) in [5.41, 5.74) is 1.39. The van der Waals surface area contributed by atoms with Gasteiger partial charge in [0.1, 0.15) is 5.82 Å². The molecule has 2 aromatic heterocycles. The molecule has 0 aliphatic heterocycles. The molecule has 18 heavy (non-hydrogen) atoms. The lowest BCUT2D eigenvalue weighted by Crippen LogP contribution is -1.97. The van der Waals surface area contributed by atoms with Crippen molar-refractivity contribution in [1.29, 1.82) is 0 Å². The zero-order valence-electron chi connectivity index (χ0n) is 8.94. The Morgan fingerprint density at radius 3 is 2.61 bits per heavy atom. The van der Waals surface area contributed by atoms with Crippen LogP contribution < -0.4 is 0 Å². The van der Waals surface area contributed by atoms with E-state index >= 15 is 0 Å². The van der Waals surface area contributed by atoms with Crippen molar-refractivity contribution in [3.63, 3.8) is 0 Å². The van der Waals surface area contributed by atoms with Crippen molar-refractivity contribution in [2.75, 3.05) is 0 Å². The smallest absolute Gasteiger partial charge is 0.165 e. The standard InChI is InChI=1S/C12H6ClFIN3/c13-11-10-9(15)5-6-16-12(10)18(17-11)8-3-1-7(14)2-4-8/h1-6H. The van der Waals surface area contributed by atoms with E-state index in [1.807, 2.05) is 6.07 Å². The first kappa shape index (κ1) is 11.9. The zero-order chi connectivity index (χ0) is 12.7. The van der Waals surface area contributed by atoms with Crippen molar-refractivity contribution < 1.29 is 4.39 Å². The van der Waals surface area contributed by atoms with Gasteiger partial charge in [-0.25, -0.2) is 14.1 Å². The highest BCUT2D eigenvalue weighted by atomic mass is 127. The summed E-state index contributed by atoms with van der Waals surface area (Å²) >= 11 is 8.30. The van der Waals surface area contributed by atoms with Gasteiger partial charge in [-0.3, -0.25) is 0 Å². The molecule has 3 aromatic rings. The van der Waals surface area contributed by atoms with E-state index in [0.717, 1.165) is 14.6 Å². The van der Waals surface area contributed by atoms with Gasteiger partial charge in [-0.05, 0) is 52.9 Å². The van der Waals surface area contributed by atoms with Gasteiger partial charge >= 0.3 is 0 Å². The topological polar surface area (TPSA) is 30.7 Å². The number of pyridine rings is 1. The first-order valence-electron chi connectivity index (χ1n) is 5.11. The van der Waals surface area contributed by atoms with E-state index in [1.54, 1.807) is 23.0 Å². The van der Waals surface area contributed by atoms with Gasteiger partial charge in [-0.1, -0.05) is 11.6 Å². The molecule has 0 N–H and O–H groups in total. The van der Waals surface area contributed by atoms with Crippen LogP contribution in [-0.2, 0) is 0 Å². The highest BCUT2D eigenvalue weighted by Crippen LogP contribution is 2.27. The Morgan fingerprint density at radius 2 is 1.89 bits per heavy atom. The predicted molar refractivity (Wildman–Crippen MR) is 76.5 cm³/mol. The third-order valence-electron chi connectivity index (χ3n) is 2.55. The van der Waals surface area contributed by atoms with Crippen LogP contribution in [0.15, 0.2) is 36.5 Å². The Kier molecular flexibility index (Phi) is 2.95. The molecule has 1 aromatic carbocycles. The van der Waals surface area contributed by atoms with Crippen LogP contribution >= 0.6 is 34.2 Å². The average Bonchev–Trinajstić information content (AvgIpc) is 2.69. The molecule has 0 fully saturated rings. The van der Waals surface area contributed by atoms with Crippen molar-refractivity contribution in [1.82, 2.24) is 14.8 Å². The van der Waals surface area contributed by atoms with E-state index in [2.05, 4.69) is 32.7 Å². The summed E-state index contributed by atoms with van der Waals surface area (Å²) in [4.78, 5) is 4.28. The number of halogens is 3. The highest BCUT2D eigenvalue weighted by Gasteiger charge is 2.13. The first-order chi connectivity index (χ1) is 8.66. The second-order valence-electron chi connectivity index (χ2n) is 3.67. The van der Waals surface area contributed by atoms with Gasteiger partial charge < -0.3 is 0 Å². The van der Waals surface area contributed by atoms with Crippen molar-refractivity contribution >= 4 is 45.2 Å². The second kappa shape index (κ2) is 4.47. The molecule has 0 saturated heterocycles. The van der Waals surface area contributed by atoms with Crippen LogP contribution in [0.3, 0.4) is 0 Å². The fourth-order valence-corrected chi connectivity index (χ4v) is 2.81. The minimum Gasteiger partial charge on any atom is -0.236 e. The van der Waals surface area contributed by atoms with Crippen LogP contribution in [0.25, 0.3) is 16.7 Å². The van der Waals surface area contributed by atoms with Gasteiger partial charge in [0.05, 0.1) is 11.1 Å². The number of benzene rings is 1. The number of aromatic nitrogens is 3. The summed E-state index contributed by atoms with van der Waals surface area (Å²) in [6.45, 7) is 0. The Bertz CT molecular complexity index is 724. The maximum Gasteiger partial charge on any atom is 0.165 e. The normalized spacial score (nSPS) is 11.1. The fraction of sp³-hybridized carbons (Fsp3) is 0. The van der Waals surface area contributed by atoms with Crippen LogP contribution in [0.4, 0.5) is 4.39 Å². The van der Waals surface area contributed by atoms with E-state index in [1.165, 1.54) is 12.1 Å². The molecule has 0 unspecified atom stereocenters. The maximum absolute atomic E-state index is 12.9. The molecule has 0 aliphatic rings. The van der Waals surface area contributed by atoms with Gasteiger partial charge in [0.15, 0.2) is 10.8 Å². The lowest BCUT2D eigenvalue weighted by molar-refractivity contribution is 0.627. The van der Waals surface area contributed by atoms with Gasteiger partial charge in [0, 0.05) is 9.77 Å². The summed E-state index contributed by atoms with van der Waals surface area (Å²) < 4.78 is 15.5. The Hall–Kier alpha value is -1.21. The highest BCUT2D eigenvalue weighted by molar-refractivity contribution is 14.1. The van der Waals surface area contributed by atoms with Crippen molar-refractivity contribution in [2.45, 2.75) is 0 Å². The van der Waals surface area contributed by atoms with Crippen LogP contribution in [0, 0.1) is 9.39 Å².